The molecule has 2 heterocycles. The molecule has 0 N–H and O–H groups in total. The minimum absolute atomic E-state index is 0.176. The number of nitrogens with zero attached hydrogens (tertiary/aromatic N) is 3. The van der Waals surface area contributed by atoms with Gasteiger partial charge in [0.1, 0.15) is 10.8 Å². The Morgan fingerprint density at radius 3 is 2.74 bits per heavy atom. The van der Waals surface area contributed by atoms with E-state index in [1.54, 1.807) is 12.1 Å². The van der Waals surface area contributed by atoms with E-state index in [9.17, 15) is 9.18 Å². The maximum absolute atomic E-state index is 12.9. The lowest BCUT2D eigenvalue weighted by atomic mass is 10.2. The van der Waals surface area contributed by atoms with Crippen molar-refractivity contribution < 1.29 is 4.39 Å². The SMILES string of the molecule is O=c1cc(CCl)nc2sc(-c3ccc(F)cc3)nn12. The van der Waals surface area contributed by atoms with Crippen molar-refractivity contribution in [3.05, 3.63) is 52.2 Å². The summed E-state index contributed by atoms with van der Waals surface area (Å²) in [4.78, 5) is 16.5. The quantitative estimate of drug-likeness (QED) is 0.683. The zero-order chi connectivity index (χ0) is 13.4. The van der Waals surface area contributed by atoms with E-state index in [4.69, 9.17) is 11.6 Å². The van der Waals surface area contributed by atoms with Crippen LogP contribution >= 0.6 is 22.9 Å². The van der Waals surface area contributed by atoms with Crippen LogP contribution in [0.1, 0.15) is 5.69 Å². The fourth-order valence-electron chi connectivity index (χ4n) is 1.63. The summed E-state index contributed by atoms with van der Waals surface area (Å²) in [6.45, 7) is 0. The lowest BCUT2D eigenvalue weighted by Gasteiger charge is -1.93. The molecule has 0 saturated carbocycles. The van der Waals surface area contributed by atoms with Crippen LogP contribution in [0.2, 0.25) is 0 Å². The molecule has 0 amide bonds. The minimum atomic E-state index is -0.315. The maximum atomic E-state index is 12.9. The second-order valence-electron chi connectivity index (χ2n) is 3.83. The molecule has 0 aliphatic heterocycles. The molecule has 3 rings (SSSR count). The molecule has 96 valence electrons. The number of hydrogen-bond acceptors (Lipinski definition) is 4. The summed E-state index contributed by atoms with van der Waals surface area (Å²) in [7, 11) is 0. The fraction of sp³-hybridized carbons (Fsp3) is 0.0833. The monoisotopic (exact) mass is 295 g/mol. The third-order valence-electron chi connectivity index (χ3n) is 2.53. The van der Waals surface area contributed by atoms with Gasteiger partial charge in [0, 0.05) is 11.6 Å². The number of alkyl halides is 1. The van der Waals surface area contributed by atoms with Crippen molar-refractivity contribution >= 4 is 27.9 Å². The van der Waals surface area contributed by atoms with E-state index in [0.29, 0.717) is 15.7 Å². The standard InChI is InChI=1S/C12H7ClFN3OS/c13-6-9-5-10(18)17-12(15-9)19-11(16-17)7-1-3-8(14)4-2-7/h1-5H,6H2. The molecular formula is C12H7ClFN3OS. The van der Waals surface area contributed by atoms with Crippen molar-refractivity contribution in [2.24, 2.45) is 0 Å². The van der Waals surface area contributed by atoms with Gasteiger partial charge in [-0.1, -0.05) is 11.3 Å². The Hall–Kier alpha value is -1.79. The van der Waals surface area contributed by atoms with Gasteiger partial charge < -0.3 is 0 Å². The van der Waals surface area contributed by atoms with E-state index in [1.165, 1.54) is 34.1 Å². The third kappa shape index (κ3) is 2.24. The molecule has 0 spiro atoms. The van der Waals surface area contributed by atoms with Crippen LogP contribution in [0.3, 0.4) is 0 Å². The molecule has 0 radical (unpaired) electrons. The van der Waals surface area contributed by atoms with Gasteiger partial charge in [-0.2, -0.15) is 9.61 Å². The number of benzene rings is 1. The predicted molar refractivity (Wildman–Crippen MR) is 72.1 cm³/mol. The van der Waals surface area contributed by atoms with Crippen LogP contribution in [0.15, 0.2) is 35.1 Å². The molecule has 0 aliphatic carbocycles. The first-order valence-corrected chi connectivity index (χ1v) is 6.74. The second-order valence-corrected chi connectivity index (χ2v) is 5.05. The average molecular weight is 296 g/mol. The lowest BCUT2D eigenvalue weighted by Crippen LogP contribution is -2.14. The zero-order valence-electron chi connectivity index (χ0n) is 9.51. The van der Waals surface area contributed by atoms with Crippen LogP contribution in [0.5, 0.6) is 0 Å². The second kappa shape index (κ2) is 4.71. The van der Waals surface area contributed by atoms with Gasteiger partial charge >= 0.3 is 0 Å². The molecule has 3 aromatic rings. The lowest BCUT2D eigenvalue weighted by molar-refractivity contribution is 0.628. The molecule has 0 fully saturated rings. The molecular weight excluding hydrogens is 289 g/mol. The normalized spacial score (nSPS) is 11.1. The van der Waals surface area contributed by atoms with Crippen molar-refractivity contribution in [3.63, 3.8) is 0 Å². The van der Waals surface area contributed by atoms with E-state index in [0.717, 1.165) is 5.56 Å². The summed E-state index contributed by atoms with van der Waals surface area (Å²) in [6.07, 6.45) is 0. The van der Waals surface area contributed by atoms with Crippen molar-refractivity contribution in [2.75, 3.05) is 0 Å². The molecule has 7 heteroatoms. The molecule has 19 heavy (non-hydrogen) atoms. The van der Waals surface area contributed by atoms with Crippen molar-refractivity contribution in [1.82, 2.24) is 14.6 Å². The van der Waals surface area contributed by atoms with Gasteiger partial charge in [0.2, 0.25) is 4.96 Å². The first-order chi connectivity index (χ1) is 9.17. The summed E-state index contributed by atoms with van der Waals surface area (Å²) < 4.78 is 14.1. The van der Waals surface area contributed by atoms with E-state index in [-0.39, 0.29) is 17.3 Å². The summed E-state index contributed by atoms with van der Waals surface area (Å²) in [5.41, 5.74) is 0.981. The van der Waals surface area contributed by atoms with Crippen molar-refractivity contribution in [3.8, 4) is 10.6 Å². The number of fused-ring (bicyclic) bond motifs is 1. The Balaban J connectivity index is 2.18. The number of rotatable bonds is 2. The first kappa shape index (κ1) is 12.3. The Kier molecular flexibility index (Phi) is 3.04. The minimum Gasteiger partial charge on any atom is -0.267 e. The summed E-state index contributed by atoms with van der Waals surface area (Å²) in [5, 5.41) is 4.79. The highest BCUT2D eigenvalue weighted by molar-refractivity contribution is 7.19. The van der Waals surface area contributed by atoms with Crippen LogP contribution in [0.25, 0.3) is 15.5 Å². The number of aromatic nitrogens is 3. The Morgan fingerprint density at radius 1 is 1.32 bits per heavy atom. The van der Waals surface area contributed by atoms with E-state index in [2.05, 4.69) is 10.1 Å². The van der Waals surface area contributed by atoms with Gasteiger partial charge in [-0.25, -0.2) is 9.37 Å². The Labute approximate surface area is 116 Å². The molecule has 2 aromatic heterocycles. The van der Waals surface area contributed by atoms with Crippen LogP contribution in [-0.4, -0.2) is 14.6 Å². The average Bonchev–Trinajstić information content (AvgIpc) is 2.84. The van der Waals surface area contributed by atoms with Gasteiger partial charge in [0.15, 0.2) is 0 Å². The molecule has 0 aliphatic rings. The Bertz CT molecular complexity index is 797. The van der Waals surface area contributed by atoms with Crippen LogP contribution in [0.4, 0.5) is 4.39 Å². The highest BCUT2D eigenvalue weighted by Crippen LogP contribution is 2.24. The third-order valence-corrected chi connectivity index (χ3v) is 3.76. The topological polar surface area (TPSA) is 47.3 Å². The maximum Gasteiger partial charge on any atom is 0.275 e. The molecule has 1 aromatic carbocycles. The summed E-state index contributed by atoms with van der Waals surface area (Å²) in [6, 6.07) is 7.28. The van der Waals surface area contributed by atoms with Crippen molar-refractivity contribution in [2.45, 2.75) is 5.88 Å². The molecule has 4 nitrogen and oxygen atoms in total. The highest BCUT2D eigenvalue weighted by atomic mass is 35.5. The van der Waals surface area contributed by atoms with E-state index in [1.807, 2.05) is 0 Å². The van der Waals surface area contributed by atoms with Gasteiger partial charge in [0.05, 0.1) is 11.6 Å². The first-order valence-electron chi connectivity index (χ1n) is 5.39. The summed E-state index contributed by atoms with van der Waals surface area (Å²) >= 11 is 6.93. The van der Waals surface area contributed by atoms with Crippen LogP contribution in [0, 0.1) is 5.82 Å². The van der Waals surface area contributed by atoms with E-state index >= 15 is 0 Å². The van der Waals surface area contributed by atoms with Gasteiger partial charge in [-0.05, 0) is 24.3 Å². The number of halogens is 2. The molecule has 0 unspecified atom stereocenters. The predicted octanol–water partition coefficient (Wildman–Crippen LogP) is 2.70. The largest absolute Gasteiger partial charge is 0.275 e. The smallest absolute Gasteiger partial charge is 0.267 e. The zero-order valence-corrected chi connectivity index (χ0v) is 11.1. The van der Waals surface area contributed by atoms with Gasteiger partial charge in [-0.3, -0.25) is 4.79 Å². The van der Waals surface area contributed by atoms with Crippen LogP contribution < -0.4 is 5.56 Å². The summed E-state index contributed by atoms with van der Waals surface area (Å²) in [5.74, 6) is -0.139. The van der Waals surface area contributed by atoms with Gasteiger partial charge in [0.25, 0.3) is 5.56 Å². The van der Waals surface area contributed by atoms with Gasteiger partial charge in [-0.15, -0.1) is 11.6 Å². The fourth-order valence-corrected chi connectivity index (χ4v) is 2.70. The van der Waals surface area contributed by atoms with Crippen molar-refractivity contribution in [1.29, 1.82) is 0 Å². The Morgan fingerprint density at radius 2 is 2.05 bits per heavy atom. The molecule has 0 bridgehead atoms. The number of hydrogen-bond donors (Lipinski definition) is 0. The molecule has 0 saturated heterocycles. The van der Waals surface area contributed by atoms with Crippen LogP contribution in [-0.2, 0) is 5.88 Å². The highest BCUT2D eigenvalue weighted by Gasteiger charge is 2.10. The molecule has 0 atom stereocenters. The van der Waals surface area contributed by atoms with E-state index < -0.39 is 0 Å².